The molecular weight excluding hydrogens is 314 g/mol. The molecule has 6 heteroatoms. The lowest BCUT2D eigenvalue weighted by Crippen LogP contribution is -2.54. The van der Waals surface area contributed by atoms with Crippen LogP contribution in [-0.4, -0.2) is 20.9 Å². The van der Waals surface area contributed by atoms with Gasteiger partial charge in [-0.25, -0.2) is 0 Å². The van der Waals surface area contributed by atoms with Crippen LogP contribution in [-0.2, 0) is 23.3 Å². The number of primary amides is 1. The number of carbonyl (C=O) groups excluding carboxylic acids is 1. The summed E-state index contributed by atoms with van der Waals surface area (Å²) in [5.74, 6) is -0.440. The smallest absolute Gasteiger partial charge is 0.242 e. The van der Waals surface area contributed by atoms with Gasteiger partial charge in [0.05, 0.1) is 0 Å². The third-order valence-corrected chi connectivity index (χ3v) is 4.16. The van der Waals surface area contributed by atoms with Gasteiger partial charge in [0, 0.05) is 50.1 Å². The number of nitrogens with zero attached hydrogens (tertiary/aromatic N) is 3. The Hall–Kier alpha value is -3.12. The third-order valence-electron chi connectivity index (χ3n) is 4.16. The van der Waals surface area contributed by atoms with Gasteiger partial charge in [0.25, 0.3) is 0 Å². The lowest BCUT2D eigenvalue weighted by atomic mass is 9.83. The summed E-state index contributed by atoms with van der Waals surface area (Å²) < 4.78 is 0. The van der Waals surface area contributed by atoms with Crippen LogP contribution in [0.1, 0.15) is 16.7 Å². The highest BCUT2D eigenvalue weighted by atomic mass is 16.1. The normalized spacial score (nSPS) is 13.1. The van der Waals surface area contributed by atoms with Crippen molar-refractivity contribution in [3.8, 4) is 0 Å². The molecule has 0 saturated heterocycles. The molecule has 3 heterocycles. The number of rotatable bonds is 7. The predicted octanol–water partition coefficient (Wildman–Crippen LogP) is 1.58. The largest absolute Gasteiger partial charge is 0.368 e. The lowest BCUT2D eigenvalue weighted by molar-refractivity contribution is -0.125. The van der Waals surface area contributed by atoms with Crippen LogP contribution in [0.25, 0.3) is 0 Å². The van der Waals surface area contributed by atoms with E-state index in [-0.39, 0.29) is 0 Å². The molecule has 0 saturated carbocycles. The Kier molecular flexibility index (Phi) is 5.11. The third kappa shape index (κ3) is 3.87. The van der Waals surface area contributed by atoms with E-state index in [9.17, 15) is 4.79 Å². The Bertz CT molecular complexity index is 811. The molecular formula is C19H19N5O. The molecule has 25 heavy (non-hydrogen) atoms. The number of pyridine rings is 3. The average molecular weight is 333 g/mol. The highest BCUT2D eigenvalue weighted by Gasteiger charge is 2.38. The summed E-state index contributed by atoms with van der Waals surface area (Å²) in [6, 6.07) is 11.2. The first-order valence-electron chi connectivity index (χ1n) is 7.94. The SMILES string of the molecule is NC(=O)C(Cc1ccncc1)(NCc1ccncc1)c1ccncc1. The number of nitrogens with two attached hydrogens (primary N) is 1. The summed E-state index contributed by atoms with van der Waals surface area (Å²) in [7, 11) is 0. The van der Waals surface area contributed by atoms with Gasteiger partial charge < -0.3 is 5.73 Å². The van der Waals surface area contributed by atoms with Gasteiger partial charge in [-0.05, 0) is 53.1 Å². The molecule has 3 aromatic rings. The van der Waals surface area contributed by atoms with Gasteiger partial charge in [0.1, 0.15) is 5.54 Å². The van der Waals surface area contributed by atoms with Crippen molar-refractivity contribution in [1.29, 1.82) is 0 Å². The summed E-state index contributed by atoms with van der Waals surface area (Å²) >= 11 is 0. The van der Waals surface area contributed by atoms with Crippen LogP contribution in [0.15, 0.2) is 73.6 Å². The highest BCUT2D eigenvalue weighted by molar-refractivity contribution is 5.86. The topological polar surface area (TPSA) is 93.8 Å². The second kappa shape index (κ2) is 7.63. The summed E-state index contributed by atoms with van der Waals surface area (Å²) in [5, 5.41) is 3.36. The zero-order chi connectivity index (χ0) is 17.5. The summed E-state index contributed by atoms with van der Waals surface area (Å²) in [4.78, 5) is 24.7. The van der Waals surface area contributed by atoms with E-state index in [1.165, 1.54) is 0 Å². The molecule has 1 amide bonds. The van der Waals surface area contributed by atoms with Crippen molar-refractivity contribution in [1.82, 2.24) is 20.3 Å². The fourth-order valence-electron chi connectivity index (χ4n) is 2.78. The van der Waals surface area contributed by atoms with E-state index in [1.54, 1.807) is 37.2 Å². The zero-order valence-corrected chi connectivity index (χ0v) is 13.7. The Morgan fingerprint density at radius 2 is 1.32 bits per heavy atom. The minimum absolute atomic E-state index is 0.417. The molecule has 0 aliphatic rings. The van der Waals surface area contributed by atoms with Crippen molar-refractivity contribution in [2.45, 2.75) is 18.5 Å². The van der Waals surface area contributed by atoms with Crippen LogP contribution in [0, 0.1) is 0 Å². The van der Waals surface area contributed by atoms with Crippen LogP contribution in [0.2, 0.25) is 0 Å². The molecule has 0 radical (unpaired) electrons. The van der Waals surface area contributed by atoms with Crippen molar-refractivity contribution < 1.29 is 4.79 Å². The van der Waals surface area contributed by atoms with E-state index in [0.717, 1.165) is 16.7 Å². The van der Waals surface area contributed by atoms with Gasteiger partial charge >= 0.3 is 0 Å². The maximum Gasteiger partial charge on any atom is 0.242 e. The number of hydrogen-bond acceptors (Lipinski definition) is 5. The van der Waals surface area contributed by atoms with Gasteiger partial charge in [0.15, 0.2) is 0 Å². The van der Waals surface area contributed by atoms with Crippen LogP contribution in [0.4, 0.5) is 0 Å². The quantitative estimate of drug-likeness (QED) is 0.685. The Labute approximate surface area is 146 Å². The first kappa shape index (κ1) is 16.7. The van der Waals surface area contributed by atoms with Crippen molar-refractivity contribution in [2.75, 3.05) is 0 Å². The van der Waals surface area contributed by atoms with Crippen LogP contribution in [0.3, 0.4) is 0 Å². The first-order valence-corrected chi connectivity index (χ1v) is 7.94. The molecule has 0 aromatic carbocycles. The van der Waals surface area contributed by atoms with E-state index in [0.29, 0.717) is 13.0 Å². The van der Waals surface area contributed by atoms with Gasteiger partial charge in [0.2, 0.25) is 5.91 Å². The van der Waals surface area contributed by atoms with Crippen molar-refractivity contribution in [3.05, 3.63) is 90.3 Å². The van der Waals surface area contributed by atoms with Crippen LogP contribution < -0.4 is 11.1 Å². The van der Waals surface area contributed by atoms with E-state index in [4.69, 9.17) is 5.73 Å². The van der Waals surface area contributed by atoms with Crippen molar-refractivity contribution in [2.24, 2.45) is 5.73 Å². The number of hydrogen-bond donors (Lipinski definition) is 2. The minimum atomic E-state index is -1.05. The van der Waals surface area contributed by atoms with Crippen molar-refractivity contribution in [3.63, 3.8) is 0 Å². The Morgan fingerprint density at radius 1 is 0.840 bits per heavy atom. The number of carbonyl (C=O) groups is 1. The van der Waals surface area contributed by atoms with E-state index in [1.807, 2.05) is 36.4 Å². The summed E-state index contributed by atoms with van der Waals surface area (Å²) in [6.45, 7) is 0.485. The lowest BCUT2D eigenvalue weighted by Gasteiger charge is -2.32. The second-order valence-electron chi connectivity index (χ2n) is 5.75. The first-order chi connectivity index (χ1) is 12.2. The molecule has 1 atom stereocenters. The Morgan fingerprint density at radius 3 is 1.84 bits per heavy atom. The summed E-state index contributed by atoms with van der Waals surface area (Å²) in [5.41, 5.74) is 7.58. The van der Waals surface area contributed by atoms with Crippen LogP contribution >= 0.6 is 0 Å². The van der Waals surface area contributed by atoms with Crippen LogP contribution in [0.5, 0.6) is 0 Å². The molecule has 0 bridgehead atoms. The highest BCUT2D eigenvalue weighted by Crippen LogP contribution is 2.26. The predicted molar refractivity (Wildman–Crippen MR) is 94.1 cm³/mol. The van der Waals surface area contributed by atoms with E-state index < -0.39 is 11.4 Å². The summed E-state index contributed by atoms with van der Waals surface area (Å²) in [6.07, 6.45) is 10.6. The van der Waals surface area contributed by atoms with Gasteiger partial charge in [-0.15, -0.1) is 0 Å². The fraction of sp³-hybridized carbons (Fsp3) is 0.158. The van der Waals surface area contributed by atoms with Gasteiger partial charge in [-0.2, -0.15) is 0 Å². The monoisotopic (exact) mass is 333 g/mol. The molecule has 126 valence electrons. The molecule has 6 nitrogen and oxygen atoms in total. The fourth-order valence-corrected chi connectivity index (χ4v) is 2.78. The molecule has 3 N–H and O–H groups in total. The second-order valence-corrected chi connectivity index (χ2v) is 5.75. The standard InChI is InChI=1S/C19H19N5O/c20-18(25)19(17-5-11-23-12-6-17,13-15-1-7-21-8-2-15)24-14-16-3-9-22-10-4-16/h1-12,24H,13-14H2,(H2,20,25). The maximum atomic E-state index is 12.6. The molecule has 3 rings (SSSR count). The molecule has 3 aromatic heterocycles. The van der Waals surface area contributed by atoms with Gasteiger partial charge in [-0.1, -0.05) is 0 Å². The molecule has 0 spiro atoms. The number of aromatic nitrogens is 3. The van der Waals surface area contributed by atoms with E-state index >= 15 is 0 Å². The van der Waals surface area contributed by atoms with Crippen molar-refractivity contribution >= 4 is 5.91 Å². The maximum absolute atomic E-state index is 12.6. The molecule has 0 aliphatic carbocycles. The molecule has 0 aliphatic heterocycles. The number of nitrogens with one attached hydrogen (secondary N) is 1. The Balaban J connectivity index is 1.97. The zero-order valence-electron chi connectivity index (χ0n) is 13.7. The van der Waals surface area contributed by atoms with E-state index in [2.05, 4.69) is 20.3 Å². The molecule has 1 unspecified atom stereocenters. The average Bonchev–Trinajstić information content (AvgIpc) is 2.67. The van der Waals surface area contributed by atoms with Gasteiger partial charge in [-0.3, -0.25) is 25.1 Å². The number of amides is 1. The minimum Gasteiger partial charge on any atom is -0.368 e. The molecule has 0 fully saturated rings.